The van der Waals surface area contributed by atoms with Gasteiger partial charge in [0.25, 0.3) is 5.91 Å². The van der Waals surface area contributed by atoms with Crippen LogP contribution in [0.1, 0.15) is 23.0 Å². The van der Waals surface area contributed by atoms with Crippen molar-refractivity contribution in [3.63, 3.8) is 0 Å². The van der Waals surface area contributed by atoms with E-state index in [-0.39, 0.29) is 11.9 Å². The molecule has 1 amide bonds. The minimum Gasteiger partial charge on any atom is -0.469 e. The van der Waals surface area contributed by atoms with Crippen molar-refractivity contribution < 1.29 is 9.21 Å². The predicted molar refractivity (Wildman–Crippen MR) is 54.2 cm³/mol. The number of hydrogen-bond donors (Lipinski definition) is 1. The van der Waals surface area contributed by atoms with Gasteiger partial charge in [-0.3, -0.25) is 4.79 Å². The van der Waals surface area contributed by atoms with E-state index < -0.39 is 0 Å². The molecule has 0 bridgehead atoms. The molecule has 0 aliphatic heterocycles. The Bertz CT molecular complexity index is 296. The molecule has 0 saturated heterocycles. The SMILES string of the molecule is Cc1cc(C(=O)NC(C)CBr)co1. The van der Waals surface area contributed by atoms with Crippen molar-refractivity contribution in [3.8, 4) is 0 Å². The molecule has 1 atom stereocenters. The molecule has 1 aromatic heterocycles. The van der Waals surface area contributed by atoms with Crippen LogP contribution in [0.2, 0.25) is 0 Å². The van der Waals surface area contributed by atoms with Crippen LogP contribution in [0.25, 0.3) is 0 Å². The zero-order valence-electron chi connectivity index (χ0n) is 7.63. The maximum atomic E-state index is 11.4. The van der Waals surface area contributed by atoms with E-state index in [1.165, 1.54) is 6.26 Å². The number of hydrogen-bond acceptors (Lipinski definition) is 2. The summed E-state index contributed by atoms with van der Waals surface area (Å²) < 4.78 is 5.03. The first-order chi connectivity index (χ1) is 6.13. The molecule has 72 valence electrons. The van der Waals surface area contributed by atoms with E-state index in [2.05, 4.69) is 21.2 Å². The molecule has 3 nitrogen and oxygen atoms in total. The lowest BCUT2D eigenvalue weighted by molar-refractivity contribution is 0.0943. The standard InChI is InChI=1S/C9H12BrNO2/c1-6(4-10)11-9(12)8-3-7(2)13-5-8/h3,5-6H,4H2,1-2H3,(H,11,12). The number of carbonyl (C=O) groups excluding carboxylic acids is 1. The normalized spacial score (nSPS) is 12.5. The van der Waals surface area contributed by atoms with Crippen molar-refractivity contribution in [3.05, 3.63) is 23.7 Å². The van der Waals surface area contributed by atoms with Gasteiger partial charge in [-0.15, -0.1) is 0 Å². The lowest BCUT2D eigenvalue weighted by Gasteiger charge is -2.08. The predicted octanol–water partition coefficient (Wildman–Crippen LogP) is 2.10. The van der Waals surface area contributed by atoms with Gasteiger partial charge in [0.15, 0.2) is 0 Å². The third-order valence-electron chi connectivity index (χ3n) is 1.60. The number of aryl methyl sites for hydroxylation is 1. The Morgan fingerprint density at radius 1 is 1.77 bits per heavy atom. The largest absolute Gasteiger partial charge is 0.469 e. The van der Waals surface area contributed by atoms with E-state index in [9.17, 15) is 4.79 Å². The fourth-order valence-electron chi connectivity index (χ4n) is 0.908. The second-order valence-corrected chi connectivity index (χ2v) is 3.62. The van der Waals surface area contributed by atoms with Gasteiger partial charge in [-0.2, -0.15) is 0 Å². The van der Waals surface area contributed by atoms with Crippen LogP contribution in [0.4, 0.5) is 0 Å². The first-order valence-corrected chi connectivity index (χ1v) is 5.17. The average Bonchev–Trinajstić information content (AvgIpc) is 2.51. The van der Waals surface area contributed by atoms with Gasteiger partial charge in [0, 0.05) is 11.4 Å². The Kier molecular flexibility index (Phi) is 3.54. The molecule has 0 aliphatic rings. The Balaban J connectivity index is 2.58. The first-order valence-electron chi connectivity index (χ1n) is 4.05. The Hall–Kier alpha value is -0.770. The van der Waals surface area contributed by atoms with Crippen molar-refractivity contribution in [1.82, 2.24) is 5.32 Å². The molecule has 1 N–H and O–H groups in total. The van der Waals surface area contributed by atoms with Gasteiger partial charge >= 0.3 is 0 Å². The first kappa shape index (κ1) is 10.3. The Morgan fingerprint density at radius 3 is 2.92 bits per heavy atom. The van der Waals surface area contributed by atoms with Crippen LogP contribution in [0.15, 0.2) is 16.7 Å². The van der Waals surface area contributed by atoms with Crippen LogP contribution in [0.5, 0.6) is 0 Å². The van der Waals surface area contributed by atoms with Crippen LogP contribution in [-0.2, 0) is 0 Å². The second-order valence-electron chi connectivity index (χ2n) is 2.97. The minimum absolute atomic E-state index is 0.0937. The summed E-state index contributed by atoms with van der Waals surface area (Å²) in [6.45, 7) is 3.74. The van der Waals surface area contributed by atoms with Crippen LogP contribution >= 0.6 is 15.9 Å². The van der Waals surface area contributed by atoms with E-state index in [1.807, 2.05) is 13.8 Å². The summed E-state index contributed by atoms with van der Waals surface area (Å²) in [4.78, 5) is 11.4. The highest BCUT2D eigenvalue weighted by molar-refractivity contribution is 9.09. The van der Waals surface area contributed by atoms with Crippen molar-refractivity contribution in [2.24, 2.45) is 0 Å². The molecule has 0 fully saturated rings. The van der Waals surface area contributed by atoms with Gasteiger partial charge in [-0.25, -0.2) is 0 Å². The number of halogens is 1. The third-order valence-corrected chi connectivity index (χ3v) is 2.57. The Labute approximate surface area is 85.6 Å². The lowest BCUT2D eigenvalue weighted by Crippen LogP contribution is -2.33. The van der Waals surface area contributed by atoms with Gasteiger partial charge < -0.3 is 9.73 Å². The summed E-state index contributed by atoms with van der Waals surface area (Å²) in [7, 11) is 0. The number of furan rings is 1. The molecular weight excluding hydrogens is 234 g/mol. The summed E-state index contributed by atoms with van der Waals surface area (Å²) in [6.07, 6.45) is 1.46. The molecule has 4 heteroatoms. The molecule has 1 heterocycles. The van der Waals surface area contributed by atoms with Crippen LogP contribution in [-0.4, -0.2) is 17.3 Å². The van der Waals surface area contributed by atoms with Crippen molar-refractivity contribution in [1.29, 1.82) is 0 Å². The van der Waals surface area contributed by atoms with E-state index >= 15 is 0 Å². The Morgan fingerprint density at radius 2 is 2.46 bits per heavy atom. The molecule has 0 spiro atoms. The average molecular weight is 246 g/mol. The smallest absolute Gasteiger partial charge is 0.254 e. The molecule has 0 aliphatic carbocycles. The van der Waals surface area contributed by atoms with Gasteiger partial charge in [-0.1, -0.05) is 15.9 Å². The summed E-state index contributed by atoms with van der Waals surface area (Å²) >= 11 is 3.28. The maximum absolute atomic E-state index is 11.4. The molecular formula is C9H12BrNO2. The van der Waals surface area contributed by atoms with Crippen LogP contribution in [0.3, 0.4) is 0 Å². The molecule has 0 saturated carbocycles. The zero-order chi connectivity index (χ0) is 9.84. The van der Waals surface area contributed by atoms with Crippen LogP contribution < -0.4 is 5.32 Å². The fraction of sp³-hybridized carbons (Fsp3) is 0.444. The molecule has 1 rings (SSSR count). The van der Waals surface area contributed by atoms with Crippen molar-refractivity contribution in [2.75, 3.05) is 5.33 Å². The number of nitrogens with one attached hydrogen (secondary N) is 1. The number of amides is 1. The summed E-state index contributed by atoms with van der Waals surface area (Å²) in [5.41, 5.74) is 0.574. The second kappa shape index (κ2) is 4.46. The fourth-order valence-corrected chi connectivity index (χ4v) is 1.07. The number of carbonyl (C=O) groups is 1. The summed E-state index contributed by atoms with van der Waals surface area (Å²) in [5, 5.41) is 3.56. The van der Waals surface area contributed by atoms with E-state index in [0.717, 1.165) is 11.1 Å². The van der Waals surface area contributed by atoms with Gasteiger partial charge in [-0.05, 0) is 19.9 Å². The quantitative estimate of drug-likeness (QED) is 0.830. The van der Waals surface area contributed by atoms with Gasteiger partial charge in [0.2, 0.25) is 0 Å². The molecule has 1 aromatic rings. The highest BCUT2D eigenvalue weighted by atomic mass is 79.9. The van der Waals surface area contributed by atoms with E-state index in [0.29, 0.717) is 5.56 Å². The lowest BCUT2D eigenvalue weighted by atomic mass is 10.3. The maximum Gasteiger partial charge on any atom is 0.254 e. The van der Waals surface area contributed by atoms with Crippen LogP contribution in [0, 0.1) is 6.92 Å². The number of rotatable bonds is 3. The van der Waals surface area contributed by atoms with Gasteiger partial charge in [0.05, 0.1) is 5.56 Å². The number of alkyl halides is 1. The zero-order valence-corrected chi connectivity index (χ0v) is 9.22. The molecule has 0 radical (unpaired) electrons. The van der Waals surface area contributed by atoms with Crippen molar-refractivity contribution in [2.45, 2.75) is 19.9 Å². The van der Waals surface area contributed by atoms with Gasteiger partial charge in [0.1, 0.15) is 12.0 Å². The summed E-state index contributed by atoms with van der Waals surface area (Å²) in [5.74, 6) is 0.653. The summed E-state index contributed by atoms with van der Waals surface area (Å²) in [6, 6.07) is 1.85. The highest BCUT2D eigenvalue weighted by Gasteiger charge is 2.10. The van der Waals surface area contributed by atoms with E-state index in [4.69, 9.17) is 4.42 Å². The minimum atomic E-state index is -0.0937. The van der Waals surface area contributed by atoms with Crippen molar-refractivity contribution >= 4 is 21.8 Å². The van der Waals surface area contributed by atoms with E-state index in [1.54, 1.807) is 6.07 Å². The third kappa shape index (κ3) is 2.88. The molecule has 1 unspecified atom stereocenters. The molecule has 13 heavy (non-hydrogen) atoms. The topological polar surface area (TPSA) is 42.2 Å². The monoisotopic (exact) mass is 245 g/mol. The highest BCUT2D eigenvalue weighted by Crippen LogP contribution is 2.06. The molecule has 0 aromatic carbocycles.